The zero-order valence-electron chi connectivity index (χ0n) is 18.5. The number of nitrogens with one attached hydrogen (secondary N) is 2. The minimum Gasteiger partial charge on any atom is -0.394 e. The summed E-state index contributed by atoms with van der Waals surface area (Å²) < 4.78 is 14.3. The molecule has 12 nitrogen and oxygen atoms in total. The van der Waals surface area contributed by atoms with Gasteiger partial charge in [-0.05, 0) is 13.8 Å². The second kappa shape index (κ2) is 10.3. The van der Waals surface area contributed by atoms with Gasteiger partial charge in [-0.1, -0.05) is 21.6 Å². The minimum absolute atomic E-state index is 0.141. The highest BCUT2D eigenvalue weighted by Gasteiger charge is 2.39. The van der Waals surface area contributed by atoms with Gasteiger partial charge in [-0.15, -0.1) is 0 Å². The monoisotopic (exact) mass is 514 g/mol. The second-order valence-electron chi connectivity index (χ2n) is 8.36. The molecule has 0 aromatic carbocycles. The van der Waals surface area contributed by atoms with E-state index in [-0.39, 0.29) is 18.3 Å². The Labute approximate surface area is 200 Å². The molecular weight excluding hydrogens is 488 g/mol. The van der Waals surface area contributed by atoms with Crippen molar-refractivity contribution in [2.24, 2.45) is 0 Å². The summed E-state index contributed by atoms with van der Waals surface area (Å²) in [5.41, 5.74) is -1.33. The highest BCUT2D eigenvalue weighted by atomic mass is 33.1. The maximum atomic E-state index is 12.2. The molecule has 186 valence electrons. The molecule has 4 heterocycles. The fourth-order valence-electron chi connectivity index (χ4n) is 3.97. The van der Waals surface area contributed by atoms with Gasteiger partial charge in [-0.2, -0.15) is 0 Å². The first-order valence-electron chi connectivity index (χ1n) is 10.7. The van der Waals surface area contributed by atoms with Crippen LogP contribution in [-0.4, -0.2) is 65.2 Å². The molecule has 4 N–H and O–H groups in total. The lowest BCUT2D eigenvalue weighted by Gasteiger charge is -2.18. The van der Waals surface area contributed by atoms with Gasteiger partial charge >= 0.3 is 11.4 Å². The molecule has 2 aromatic rings. The number of H-pyrrole nitrogens is 2. The fraction of sp³-hybridized carbons (Fsp3) is 0.600. The highest BCUT2D eigenvalue weighted by molar-refractivity contribution is 8.77. The summed E-state index contributed by atoms with van der Waals surface area (Å²) >= 11 is 0. The molecular formula is C20H26N4O8S2. The van der Waals surface area contributed by atoms with Gasteiger partial charge in [0.1, 0.15) is 12.5 Å². The molecule has 4 rings (SSSR count). The maximum Gasteiger partial charge on any atom is 0.330 e. The van der Waals surface area contributed by atoms with Crippen molar-refractivity contribution in [1.29, 1.82) is 0 Å². The lowest BCUT2D eigenvalue weighted by molar-refractivity contribution is -0.0238. The van der Waals surface area contributed by atoms with Crippen molar-refractivity contribution >= 4 is 21.6 Å². The first-order chi connectivity index (χ1) is 16.2. The number of aliphatic hydroxyl groups excluding tert-OH is 2. The fourth-order valence-corrected chi connectivity index (χ4v) is 6.94. The number of aromatic nitrogens is 4. The van der Waals surface area contributed by atoms with Crippen molar-refractivity contribution < 1.29 is 19.7 Å². The SMILES string of the molecule is Cc1cn([C@H]2C[C@H](SSC[C@H]3O[C@@H](n4cc(C)c(=O)[nH]c4=O)C[C@@H]3O)[C@@H](CO)O2)c(=O)[nH]c1=O. The highest BCUT2D eigenvalue weighted by Crippen LogP contribution is 2.42. The maximum absolute atomic E-state index is 12.2. The van der Waals surface area contributed by atoms with Crippen LogP contribution in [0.5, 0.6) is 0 Å². The van der Waals surface area contributed by atoms with E-state index in [1.807, 2.05) is 0 Å². The van der Waals surface area contributed by atoms with Crippen LogP contribution in [0.2, 0.25) is 0 Å². The van der Waals surface area contributed by atoms with E-state index in [4.69, 9.17) is 9.47 Å². The van der Waals surface area contributed by atoms with E-state index >= 15 is 0 Å². The van der Waals surface area contributed by atoms with E-state index in [0.29, 0.717) is 23.3 Å². The van der Waals surface area contributed by atoms with Crippen LogP contribution in [0.15, 0.2) is 31.6 Å². The zero-order valence-corrected chi connectivity index (χ0v) is 20.1. The molecule has 2 fully saturated rings. The Morgan fingerprint density at radius 3 is 2.03 bits per heavy atom. The number of hydrogen-bond acceptors (Lipinski definition) is 10. The summed E-state index contributed by atoms with van der Waals surface area (Å²) in [5.74, 6) is 0.413. The third-order valence-electron chi connectivity index (χ3n) is 5.90. The predicted octanol–water partition coefficient (Wildman–Crippen LogP) is -0.618. The molecule has 6 atom stereocenters. The number of ether oxygens (including phenoxy) is 2. The average Bonchev–Trinajstić information content (AvgIpc) is 3.36. The molecule has 0 spiro atoms. The summed E-state index contributed by atoms with van der Waals surface area (Å²) in [5, 5.41) is 20.0. The summed E-state index contributed by atoms with van der Waals surface area (Å²) in [7, 11) is 2.89. The van der Waals surface area contributed by atoms with Gasteiger partial charge in [0.05, 0.1) is 24.9 Å². The number of rotatable bonds is 7. The van der Waals surface area contributed by atoms with E-state index in [0.717, 1.165) is 0 Å². The Balaban J connectivity index is 1.36. The average molecular weight is 515 g/mol. The van der Waals surface area contributed by atoms with Crippen LogP contribution >= 0.6 is 21.6 Å². The van der Waals surface area contributed by atoms with Crippen LogP contribution in [-0.2, 0) is 9.47 Å². The van der Waals surface area contributed by atoms with E-state index in [9.17, 15) is 29.4 Å². The first-order valence-corrected chi connectivity index (χ1v) is 13.1. The molecule has 34 heavy (non-hydrogen) atoms. The van der Waals surface area contributed by atoms with Crippen LogP contribution in [0.4, 0.5) is 0 Å². The third kappa shape index (κ3) is 5.11. The molecule has 2 aliphatic rings. The summed E-state index contributed by atoms with van der Waals surface area (Å²) in [6, 6.07) is 0. The van der Waals surface area contributed by atoms with Crippen molar-refractivity contribution in [2.75, 3.05) is 12.4 Å². The smallest absolute Gasteiger partial charge is 0.330 e. The van der Waals surface area contributed by atoms with E-state index in [1.54, 1.807) is 13.8 Å². The molecule has 2 saturated heterocycles. The van der Waals surface area contributed by atoms with Crippen LogP contribution in [0, 0.1) is 13.8 Å². The molecule has 2 aromatic heterocycles. The van der Waals surface area contributed by atoms with Crippen LogP contribution in [0.3, 0.4) is 0 Å². The lowest BCUT2D eigenvalue weighted by atomic mass is 10.2. The van der Waals surface area contributed by atoms with Crippen LogP contribution in [0.1, 0.15) is 36.4 Å². The standard InChI is InChI=1S/C20H26N4O8S2/c1-9-5-23(19(29)21-17(9)27)15-3-11(26)13(32-15)8-33-34-14-4-16(31-12(14)7-25)24-6-10(2)18(28)22-20(24)30/h5-6,11-16,25-26H,3-4,7-8H2,1-2H3,(H,21,27,29)(H,22,28,30)/t11-,12+,13+,14-,15+,16+/m0/s1. The van der Waals surface area contributed by atoms with Gasteiger partial charge in [0, 0.05) is 47.4 Å². The van der Waals surface area contributed by atoms with Gasteiger partial charge in [0.25, 0.3) is 11.1 Å². The molecule has 0 unspecified atom stereocenters. The number of hydrogen-bond donors (Lipinski definition) is 4. The normalized spacial score (nSPS) is 29.1. The molecule has 0 aliphatic carbocycles. The van der Waals surface area contributed by atoms with Gasteiger partial charge in [0.2, 0.25) is 0 Å². The van der Waals surface area contributed by atoms with E-state index in [2.05, 4.69) is 9.97 Å². The minimum atomic E-state index is -0.791. The number of aromatic amines is 2. The molecule has 14 heteroatoms. The topological polar surface area (TPSA) is 169 Å². The molecule has 0 amide bonds. The summed E-state index contributed by atoms with van der Waals surface area (Å²) in [6.07, 6.45) is 0.388. The zero-order chi connectivity index (χ0) is 24.6. The Morgan fingerprint density at radius 2 is 1.47 bits per heavy atom. The van der Waals surface area contributed by atoms with Gasteiger partial charge in [0.15, 0.2) is 0 Å². The Morgan fingerprint density at radius 1 is 0.941 bits per heavy atom. The Hall–Kier alpha value is -2.10. The van der Waals surface area contributed by atoms with Crippen molar-refractivity contribution in [3.05, 3.63) is 65.2 Å². The molecule has 0 bridgehead atoms. The summed E-state index contributed by atoms with van der Waals surface area (Å²) in [4.78, 5) is 52.0. The quantitative estimate of drug-likeness (QED) is 0.350. The first kappa shape index (κ1) is 25.0. The van der Waals surface area contributed by atoms with Crippen molar-refractivity contribution in [3.63, 3.8) is 0 Å². The predicted molar refractivity (Wildman–Crippen MR) is 126 cm³/mol. The van der Waals surface area contributed by atoms with Crippen LogP contribution < -0.4 is 22.5 Å². The number of aliphatic hydroxyl groups is 2. The van der Waals surface area contributed by atoms with Gasteiger partial charge < -0.3 is 19.7 Å². The van der Waals surface area contributed by atoms with E-state index in [1.165, 1.54) is 43.1 Å². The Kier molecular flexibility index (Phi) is 7.54. The van der Waals surface area contributed by atoms with Crippen molar-refractivity contribution in [2.45, 2.75) is 62.7 Å². The van der Waals surface area contributed by atoms with E-state index < -0.39 is 53.3 Å². The third-order valence-corrected chi connectivity index (χ3v) is 8.80. The molecule has 2 aliphatic heterocycles. The van der Waals surface area contributed by atoms with Crippen molar-refractivity contribution in [1.82, 2.24) is 19.1 Å². The molecule has 0 saturated carbocycles. The molecule has 0 radical (unpaired) electrons. The summed E-state index contributed by atoms with van der Waals surface area (Å²) in [6.45, 7) is 2.95. The van der Waals surface area contributed by atoms with Gasteiger partial charge in [-0.25, -0.2) is 9.59 Å². The largest absolute Gasteiger partial charge is 0.394 e. The van der Waals surface area contributed by atoms with Gasteiger partial charge in [-0.3, -0.25) is 28.7 Å². The lowest BCUT2D eigenvalue weighted by Crippen LogP contribution is -2.33. The Bertz CT molecular complexity index is 1270. The number of aryl methyl sites for hydroxylation is 2. The van der Waals surface area contributed by atoms with Crippen molar-refractivity contribution in [3.8, 4) is 0 Å². The second-order valence-corrected chi connectivity index (χ2v) is 11.0. The van der Waals surface area contributed by atoms with Crippen LogP contribution in [0.25, 0.3) is 0 Å². The number of nitrogens with zero attached hydrogens (tertiary/aromatic N) is 2.